The molecule has 4 aliphatic heterocycles. The lowest BCUT2D eigenvalue weighted by Gasteiger charge is -2.35. The predicted molar refractivity (Wildman–Crippen MR) is 116 cm³/mol. The smallest absolute Gasteiger partial charge is 0.253 e. The van der Waals surface area contributed by atoms with Gasteiger partial charge < -0.3 is 15.5 Å². The van der Waals surface area contributed by atoms with E-state index in [4.69, 9.17) is 4.98 Å². The number of anilines is 2. The third-order valence-electron chi connectivity index (χ3n) is 6.68. The summed E-state index contributed by atoms with van der Waals surface area (Å²) in [6, 6.07) is 3.99. The van der Waals surface area contributed by atoms with Gasteiger partial charge in [0.2, 0.25) is 5.95 Å². The first-order valence-corrected chi connectivity index (χ1v) is 11.1. The molecule has 1 aliphatic carbocycles. The maximum atomic E-state index is 4.79. The van der Waals surface area contributed by atoms with E-state index in [1.807, 2.05) is 12.3 Å². The number of piperazine rings is 1. The second kappa shape index (κ2) is 7.52. The Morgan fingerprint density at radius 2 is 1.84 bits per heavy atom. The highest BCUT2D eigenvalue weighted by atomic mass is 15.4. The second-order valence-electron chi connectivity index (χ2n) is 8.60. The van der Waals surface area contributed by atoms with Crippen LogP contribution in [0.25, 0.3) is 11.5 Å². The molecule has 10 nitrogen and oxygen atoms in total. The number of nitrogens with one attached hydrogen (secondary N) is 2. The van der Waals surface area contributed by atoms with Crippen molar-refractivity contribution in [3.05, 3.63) is 30.1 Å². The molecule has 160 valence electrons. The second-order valence-corrected chi connectivity index (χ2v) is 8.60. The molecule has 0 aromatic carbocycles. The van der Waals surface area contributed by atoms with E-state index in [9.17, 15) is 0 Å². The highest BCUT2D eigenvalue weighted by Gasteiger charge is 2.42. The fourth-order valence-corrected chi connectivity index (χ4v) is 5.05. The Labute approximate surface area is 180 Å². The van der Waals surface area contributed by atoms with E-state index < -0.39 is 0 Å². The molecule has 6 rings (SSSR count). The minimum Gasteiger partial charge on any atom is -0.368 e. The van der Waals surface area contributed by atoms with Crippen LogP contribution in [0, 0.1) is 0 Å². The molecule has 1 aromatic rings. The summed E-state index contributed by atoms with van der Waals surface area (Å²) in [5.74, 6) is 2.19. The van der Waals surface area contributed by atoms with Crippen LogP contribution in [0.1, 0.15) is 32.1 Å². The Balaban J connectivity index is 1.37. The van der Waals surface area contributed by atoms with Gasteiger partial charge in [-0.25, -0.2) is 9.97 Å². The monoisotopic (exact) mass is 418 g/mol. The van der Waals surface area contributed by atoms with Crippen LogP contribution in [-0.4, -0.2) is 62.4 Å². The molecule has 0 radical (unpaired) electrons. The van der Waals surface area contributed by atoms with Gasteiger partial charge in [0.25, 0.3) is 5.62 Å². The van der Waals surface area contributed by atoms with Crippen molar-refractivity contribution < 1.29 is 0 Å². The fraction of sp³-hybridized carbons (Fsp3) is 0.524. The van der Waals surface area contributed by atoms with Crippen molar-refractivity contribution in [2.45, 2.75) is 37.6 Å². The number of hydrogen-bond acceptors (Lipinski definition) is 9. The van der Waals surface area contributed by atoms with Gasteiger partial charge in [0.1, 0.15) is 5.69 Å². The van der Waals surface area contributed by atoms with Gasteiger partial charge in [-0.3, -0.25) is 4.57 Å². The van der Waals surface area contributed by atoms with Gasteiger partial charge in [0, 0.05) is 32.7 Å². The van der Waals surface area contributed by atoms with Crippen molar-refractivity contribution >= 4 is 17.5 Å². The number of nitrogens with zero attached hydrogens (tertiary/aromatic N) is 8. The largest absolute Gasteiger partial charge is 0.368 e. The third-order valence-corrected chi connectivity index (χ3v) is 6.68. The number of rotatable bonds is 2. The van der Waals surface area contributed by atoms with Crippen molar-refractivity contribution in [1.29, 1.82) is 0 Å². The lowest BCUT2D eigenvalue weighted by atomic mass is 9.82. The van der Waals surface area contributed by atoms with E-state index in [0.29, 0.717) is 17.1 Å². The first-order valence-electron chi connectivity index (χ1n) is 11.1. The van der Waals surface area contributed by atoms with E-state index in [2.05, 4.69) is 51.3 Å². The van der Waals surface area contributed by atoms with Crippen LogP contribution in [0.5, 0.6) is 0 Å². The summed E-state index contributed by atoms with van der Waals surface area (Å²) in [4.78, 5) is 20.6. The van der Waals surface area contributed by atoms with Gasteiger partial charge in [0.15, 0.2) is 11.6 Å². The molecule has 1 spiro atoms. The lowest BCUT2D eigenvalue weighted by molar-refractivity contribution is 0.227. The molecule has 5 aliphatic rings. The number of aromatic nitrogens is 6. The zero-order chi connectivity index (χ0) is 20.7. The molecule has 2 N–H and O–H groups in total. The average molecular weight is 419 g/mol. The van der Waals surface area contributed by atoms with E-state index in [1.165, 1.54) is 19.3 Å². The Kier molecular flexibility index (Phi) is 4.52. The molecular weight excluding hydrogens is 392 g/mol. The molecule has 1 saturated heterocycles. The molecule has 0 bridgehead atoms. The molecule has 1 saturated carbocycles. The average Bonchev–Trinajstić information content (AvgIpc) is 3.19. The highest BCUT2D eigenvalue weighted by molar-refractivity contribution is 5.54. The number of fused-ring (bicyclic) bond motifs is 4. The summed E-state index contributed by atoms with van der Waals surface area (Å²) in [5, 5.41) is 15.5. The van der Waals surface area contributed by atoms with Crippen LogP contribution in [0.15, 0.2) is 29.5 Å². The van der Waals surface area contributed by atoms with Gasteiger partial charge in [-0.1, -0.05) is 19.3 Å². The predicted octanol–water partition coefficient (Wildman–Crippen LogP) is 1.29. The summed E-state index contributed by atoms with van der Waals surface area (Å²) in [6.45, 7) is 4.86. The summed E-state index contributed by atoms with van der Waals surface area (Å²) in [7, 11) is 0. The quantitative estimate of drug-likeness (QED) is 0.641. The van der Waals surface area contributed by atoms with E-state index in [1.54, 1.807) is 6.20 Å². The molecule has 5 heterocycles. The van der Waals surface area contributed by atoms with Crippen molar-refractivity contribution in [3.63, 3.8) is 0 Å². The molecule has 2 fully saturated rings. The van der Waals surface area contributed by atoms with Crippen molar-refractivity contribution in [2.75, 3.05) is 42.9 Å². The molecule has 0 amide bonds. The van der Waals surface area contributed by atoms with Crippen LogP contribution in [0.3, 0.4) is 0 Å². The Morgan fingerprint density at radius 1 is 0.968 bits per heavy atom. The zero-order valence-corrected chi connectivity index (χ0v) is 17.5. The molecule has 10 heteroatoms. The van der Waals surface area contributed by atoms with Crippen molar-refractivity contribution in [3.8, 4) is 11.5 Å². The zero-order valence-electron chi connectivity index (χ0n) is 17.5. The maximum absolute atomic E-state index is 4.79. The van der Waals surface area contributed by atoms with Gasteiger partial charge in [0.05, 0.1) is 23.6 Å². The first kappa shape index (κ1) is 18.6. The normalized spacial score (nSPS) is 20.8. The van der Waals surface area contributed by atoms with Crippen molar-refractivity contribution in [1.82, 2.24) is 35.0 Å². The van der Waals surface area contributed by atoms with Gasteiger partial charge >= 0.3 is 0 Å². The van der Waals surface area contributed by atoms with Gasteiger partial charge in [-0.05, 0) is 25.0 Å². The molecule has 0 atom stereocenters. The summed E-state index contributed by atoms with van der Waals surface area (Å²) in [6.07, 6.45) is 9.59. The summed E-state index contributed by atoms with van der Waals surface area (Å²) < 4.78 is 2.25. The number of hydrogen-bond donors (Lipinski definition) is 2. The van der Waals surface area contributed by atoms with Crippen LogP contribution < -0.4 is 21.2 Å². The Hall–Kier alpha value is -3.14. The fourth-order valence-electron chi connectivity index (χ4n) is 5.05. The van der Waals surface area contributed by atoms with Crippen LogP contribution in [-0.2, 0) is 5.54 Å². The Morgan fingerprint density at radius 3 is 2.65 bits per heavy atom. The highest BCUT2D eigenvalue weighted by Crippen LogP contribution is 2.42. The van der Waals surface area contributed by atoms with E-state index in [0.717, 1.165) is 63.0 Å². The maximum Gasteiger partial charge on any atom is 0.253 e. The van der Waals surface area contributed by atoms with Gasteiger partial charge in [-0.15, -0.1) is 10.2 Å². The molecular formula is C21H26N10. The van der Waals surface area contributed by atoms with Crippen molar-refractivity contribution in [2.24, 2.45) is 4.99 Å². The van der Waals surface area contributed by atoms with E-state index >= 15 is 0 Å². The molecule has 0 unspecified atom stereocenters. The SMILES string of the molecule is c1cc(N=c2ncc3nnc4n(c-3n2)C2(CCCCC2)CN4)ncc1N1CCNCC1. The summed E-state index contributed by atoms with van der Waals surface area (Å²) in [5.41, 5.74) is 2.24. The van der Waals surface area contributed by atoms with Crippen LogP contribution >= 0.6 is 0 Å². The van der Waals surface area contributed by atoms with Crippen LogP contribution in [0.2, 0.25) is 0 Å². The summed E-state index contributed by atoms with van der Waals surface area (Å²) >= 11 is 0. The topological polar surface area (TPSA) is 109 Å². The van der Waals surface area contributed by atoms with E-state index in [-0.39, 0.29) is 5.54 Å². The third kappa shape index (κ3) is 3.31. The lowest BCUT2D eigenvalue weighted by Crippen LogP contribution is -2.43. The van der Waals surface area contributed by atoms with Gasteiger partial charge in [-0.2, -0.15) is 9.98 Å². The first-order chi connectivity index (χ1) is 15.3. The molecule has 1 aromatic heterocycles. The minimum atomic E-state index is 0.0244. The number of pyridine rings is 1. The Bertz CT molecular complexity index is 1100. The van der Waals surface area contributed by atoms with Crippen LogP contribution in [0.4, 0.5) is 17.5 Å². The standard InChI is InChI=1S/C21H26N10/c1-2-6-21(7-3-1)14-25-20-29-28-16-13-24-19(27-18(16)31(20)21)26-17-5-4-15(12-23-17)30-10-8-22-9-11-30/h4-5,12-13,22H,1-3,6-11,14H2,(H,25,29). The molecule has 31 heavy (non-hydrogen) atoms. The minimum absolute atomic E-state index is 0.0244.